The zero-order valence-electron chi connectivity index (χ0n) is 10.4. The molecule has 4 heteroatoms. The van der Waals surface area contributed by atoms with E-state index in [0.29, 0.717) is 12.1 Å². The number of benzene rings is 1. The summed E-state index contributed by atoms with van der Waals surface area (Å²) in [5.74, 6) is 0.775. The zero-order chi connectivity index (χ0) is 13.0. The van der Waals surface area contributed by atoms with E-state index < -0.39 is 0 Å². The highest BCUT2D eigenvalue weighted by Gasteiger charge is 2.11. The van der Waals surface area contributed by atoms with Crippen molar-refractivity contribution in [3.8, 4) is 5.75 Å². The highest BCUT2D eigenvalue weighted by molar-refractivity contribution is 5.31. The Morgan fingerprint density at radius 2 is 2.17 bits per heavy atom. The molecule has 1 aromatic heterocycles. The molecule has 1 heterocycles. The molecular weight excluding hydrogens is 233 g/mol. The maximum absolute atomic E-state index is 13.9. The summed E-state index contributed by atoms with van der Waals surface area (Å²) < 4.78 is 24.1. The lowest BCUT2D eigenvalue weighted by molar-refractivity contribution is 0.381. The fourth-order valence-corrected chi connectivity index (χ4v) is 1.75. The smallest absolute Gasteiger partial charge is 0.169 e. The van der Waals surface area contributed by atoms with Gasteiger partial charge in [0, 0.05) is 12.1 Å². The predicted molar refractivity (Wildman–Crippen MR) is 66.9 cm³/mol. The fraction of sp³-hybridized carbons (Fsp3) is 0.286. The molecule has 0 saturated heterocycles. The second-order valence-electron chi connectivity index (χ2n) is 4.05. The van der Waals surface area contributed by atoms with Crippen LogP contribution in [0.3, 0.4) is 0 Å². The first kappa shape index (κ1) is 12.6. The molecule has 18 heavy (non-hydrogen) atoms. The van der Waals surface area contributed by atoms with Crippen molar-refractivity contribution in [2.75, 3.05) is 7.11 Å². The van der Waals surface area contributed by atoms with Gasteiger partial charge in [-0.05, 0) is 25.1 Å². The molecule has 2 rings (SSSR count). The number of furan rings is 1. The lowest BCUT2D eigenvalue weighted by Crippen LogP contribution is -2.18. The van der Waals surface area contributed by atoms with Crippen LogP contribution >= 0.6 is 0 Å². The van der Waals surface area contributed by atoms with Crippen LogP contribution in [-0.4, -0.2) is 7.11 Å². The van der Waals surface area contributed by atoms with Crippen LogP contribution in [0.5, 0.6) is 5.75 Å². The third kappa shape index (κ3) is 2.71. The number of hydrogen-bond acceptors (Lipinski definition) is 3. The second kappa shape index (κ2) is 5.69. The minimum absolute atomic E-state index is 0.0330. The van der Waals surface area contributed by atoms with Crippen molar-refractivity contribution >= 4 is 0 Å². The number of ether oxygens (including phenoxy) is 1. The van der Waals surface area contributed by atoms with Gasteiger partial charge >= 0.3 is 0 Å². The van der Waals surface area contributed by atoms with Crippen LogP contribution in [0.2, 0.25) is 0 Å². The molecular formula is C14H16FNO2. The van der Waals surface area contributed by atoms with E-state index in [4.69, 9.17) is 9.15 Å². The van der Waals surface area contributed by atoms with E-state index in [9.17, 15) is 4.39 Å². The zero-order valence-corrected chi connectivity index (χ0v) is 10.4. The Morgan fingerprint density at radius 3 is 2.83 bits per heavy atom. The van der Waals surface area contributed by atoms with Crippen LogP contribution in [0.15, 0.2) is 41.0 Å². The number of rotatable bonds is 5. The third-order valence-electron chi connectivity index (χ3n) is 2.83. The minimum Gasteiger partial charge on any atom is -0.494 e. The van der Waals surface area contributed by atoms with Crippen LogP contribution in [-0.2, 0) is 6.54 Å². The molecule has 0 saturated carbocycles. The van der Waals surface area contributed by atoms with Gasteiger partial charge in [0.25, 0.3) is 0 Å². The Hall–Kier alpha value is -1.81. The molecule has 2 aromatic rings. The van der Waals surface area contributed by atoms with E-state index in [2.05, 4.69) is 5.32 Å². The van der Waals surface area contributed by atoms with Gasteiger partial charge in [0.2, 0.25) is 0 Å². The maximum atomic E-state index is 13.9. The van der Waals surface area contributed by atoms with Crippen molar-refractivity contribution in [1.82, 2.24) is 5.32 Å². The molecule has 0 fully saturated rings. The highest BCUT2D eigenvalue weighted by Crippen LogP contribution is 2.21. The molecule has 0 aliphatic rings. The molecule has 0 aliphatic carbocycles. The number of halogens is 1. The van der Waals surface area contributed by atoms with E-state index in [1.165, 1.54) is 7.11 Å². The Kier molecular flexibility index (Phi) is 3.99. The summed E-state index contributed by atoms with van der Waals surface area (Å²) in [6.45, 7) is 2.39. The summed E-state index contributed by atoms with van der Waals surface area (Å²) in [4.78, 5) is 0. The quantitative estimate of drug-likeness (QED) is 0.883. The summed E-state index contributed by atoms with van der Waals surface area (Å²) >= 11 is 0. The average molecular weight is 249 g/mol. The van der Waals surface area contributed by atoms with Gasteiger partial charge in [0.15, 0.2) is 11.6 Å². The Labute approximate surface area is 106 Å². The van der Waals surface area contributed by atoms with Gasteiger partial charge < -0.3 is 14.5 Å². The first-order chi connectivity index (χ1) is 8.72. The average Bonchev–Trinajstić information content (AvgIpc) is 2.91. The van der Waals surface area contributed by atoms with Gasteiger partial charge in [-0.3, -0.25) is 0 Å². The maximum Gasteiger partial charge on any atom is 0.169 e. The minimum atomic E-state index is -0.320. The first-order valence-electron chi connectivity index (χ1n) is 5.80. The monoisotopic (exact) mass is 249 g/mol. The lowest BCUT2D eigenvalue weighted by Gasteiger charge is -2.12. The first-order valence-corrected chi connectivity index (χ1v) is 5.80. The molecule has 1 N–H and O–H groups in total. The van der Waals surface area contributed by atoms with Gasteiger partial charge in [-0.25, -0.2) is 4.39 Å². The van der Waals surface area contributed by atoms with Crippen molar-refractivity contribution in [3.05, 3.63) is 53.7 Å². The van der Waals surface area contributed by atoms with Gasteiger partial charge in [0.05, 0.1) is 19.4 Å². The van der Waals surface area contributed by atoms with Crippen molar-refractivity contribution in [2.24, 2.45) is 0 Å². The summed E-state index contributed by atoms with van der Waals surface area (Å²) in [6, 6.07) is 8.87. The van der Waals surface area contributed by atoms with Crippen molar-refractivity contribution in [3.63, 3.8) is 0 Å². The largest absolute Gasteiger partial charge is 0.494 e. The van der Waals surface area contributed by atoms with Gasteiger partial charge in [0.1, 0.15) is 5.76 Å². The van der Waals surface area contributed by atoms with E-state index >= 15 is 0 Å². The predicted octanol–water partition coefficient (Wildman–Crippen LogP) is 3.28. The standard InChI is InChI=1S/C14H16FNO2/c1-10(12-7-4-8-18-12)16-9-11-5-3-6-13(17-2)14(11)15/h3-8,10,16H,9H2,1-2H3/t10-/m1/s1. The molecule has 0 bridgehead atoms. The Balaban J connectivity index is 2.02. The summed E-state index contributed by atoms with van der Waals surface area (Å²) in [5, 5.41) is 3.20. The van der Waals surface area contributed by atoms with Gasteiger partial charge in [-0.2, -0.15) is 0 Å². The Morgan fingerprint density at radius 1 is 1.33 bits per heavy atom. The van der Waals surface area contributed by atoms with E-state index in [1.54, 1.807) is 24.5 Å². The number of hydrogen-bond donors (Lipinski definition) is 1. The van der Waals surface area contributed by atoms with Crippen molar-refractivity contribution in [1.29, 1.82) is 0 Å². The van der Waals surface area contributed by atoms with Crippen LogP contribution in [0.4, 0.5) is 4.39 Å². The molecule has 0 amide bonds. The molecule has 3 nitrogen and oxygen atoms in total. The van der Waals surface area contributed by atoms with Crippen molar-refractivity contribution < 1.29 is 13.5 Å². The van der Waals surface area contributed by atoms with E-state index in [1.807, 2.05) is 19.1 Å². The van der Waals surface area contributed by atoms with Crippen LogP contribution < -0.4 is 10.1 Å². The summed E-state index contributed by atoms with van der Waals surface area (Å²) in [5.41, 5.74) is 0.577. The number of methoxy groups -OCH3 is 1. The van der Waals surface area contributed by atoms with Crippen LogP contribution in [0.1, 0.15) is 24.3 Å². The van der Waals surface area contributed by atoms with E-state index in [0.717, 1.165) is 5.76 Å². The molecule has 0 spiro atoms. The SMILES string of the molecule is COc1cccc(CN[C@H](C)c2ccco2)c1F. The van der Waals surface area contributed by atoms with Crippen molar-refractivity contribution in [2.45, 2.75) is 19.5 Å². The number of nitrogens with one attached hydrogen (secondary N) is 1. The fourth-order valence-electron chi connectivity index (χ4n) is 1.75. The van der Waals surface area contributed by atoms with Gasteiger partial charge in [-0.15, -0.1) is 0 Å². The summed E-state index contributed by atoms with van der Waals surface area (Å²) in [6.07, 6.45) is 1.62. The Bertz CT molecular complexity index is 497. The third-order valence-corrected chi connectivity index (χ3v) is 2.83. The van der Waals surface area contributed by atoms with Gasteiger partial charge in [-0.1, -0.05) is 12.1 Å². The second-order valence-corrected chi connectivity index (χ2v) is 4.05. The molecule has 1 atom stereocenters. The molecule has 0 radical (unpaired) electrons. The highest BCUT2D eigenvalue weighted by atomic mass is 19.1. The molecule has 0 unspecified atom stereocenters. The van der Waals surface area contributed by atoms with Crippen LogP contribution in [0, 0.1) is 5.82 Å². The van der Waals surface area contributed by atoms with Crippen LogP contribution in [0.25, 0.3) is 0 Å². The molecule has 1 aromatic carbocycles. The lowest BCUT2D eigenvalue weighted by atomic mass is 10.1. The normalized spacial score (nSPS) is 12.4. The molecule has 0 aliphatic heterocycles. The van der Waals surface area contributed by atoms with E-state index in [-0.39, 0.29) is 17.6 Å². The summed E-state index contributed by atoms with van der Waals surface area (Å²) in [7, 11) is 1.46. The topological polar surface area (TPSA) is 34.4 Å². The molecule has 96 valence electrons.